The smallest absolute Gasteiger partial charge is 0.129 e. The Balaban J connectivity index is 2.23. The molecule has 2 nitrogen and oxygen atoms in total. The maximum atomic E-state index is 14.0. The number of methoxy groups -OCH3 is 1. The molecular formula is C16H19ClFNOS. The lowest BCUT2D eigenvalue weighted by molar-refractivity contribution is 0.415. The predicted octanol–water partition coefficient (Wildman–Crippen LogP) is 4.83. The van der Waals surface area contributed by atoms with E-state index in [9.17, 15) is 4.39 Å². The first kappa shape index (κ1) is 16.3. The molecule has 0 spiro atoms. The van der Waals surface area contributed by atoms with Gasteiger partial charge in [0.25, 0.3) is 0 Å². The summed E-state index contributed by atoms with van der Waals surface area (Å²) in [4.78, 5) is 1.12. The van der Waals surface area contributed by atoms with Crippen LogP contribution in [0.4, 0.5) is 4.39 Å². The summed E-state index contributed by atoms with van der Waals surface area (Å²) in [5.74, 6) is 0.576. The highest BCUT2D eigenvalue weighted by Gasteiger charge is 2.18. The van der Waals surface area contributed by atoms with E-state index in [0.717, 1.165) is 23.6 Å². The van der Waals surface area contributed by atoms with Crippen molar-refractivity contribution in [2.45, 2.75) is 25.8 Å². The highest BCUT2D eigenvalue weighted by Crippen LogP contribution is 2.31. The molecule has 21 heavy (non-hydrogen) atoms. The molecule has 0 fully saturated rings. The Morgan fingerprint density at radius 1 is 1.43 bits per heavy atom. The summed E-state index contributed by atoms with van der Waals surface area (Å²) >= 11 is 7.75. The van der Waals surface area contributed by atoms with Gasteiger partial charge in [-0.05, 0) is 37.6 Å². The Bertz CT molecular complexity index is 567. The third-order valence-corrected chi connectivity index (χ3v) is 4.66. The normalized spacial score (nSPS) is 12.4. The molecule has 0 aliphatic heterocycles. The Morgan fingerprint density at radius 2 is 2.24 bits per heavy atom. The van der Waals surface area contributed by atoms with Crippen molar-refractivity contribution in [2.75, 3.05) is 13.7 Å². The molecule has 1 aromatic carbocycles. The third kappa shape index (κ3) is 4.19. The Labute approximate surface area is 133 Å². The first-order valence-electron chi connectivity index (χ1n) is 6.94. The average Bonchev–Trinajstić information content (AvgIpc) is 2.95. The average molecular weight is 328 g/mol. The van der Waals surface area contributed by atoms with Gasteiger partial charge in [-0.15, -0.1) is 11.3 Å². The lowest BCUT2D eigenvalue weighted by Gasteiger charge is -2.18. The van der Waals surface area contributed by atoms with Crippen molar-refractivity contribution in [3.63, 3.8) is 0 Å². The van der Waals surface area contributed by atoms with E-state index in [2.05, 4.69) is 12.2 Å². The van der Waals surface area contributed by atoms with Gasteiger partial charge in [0.05, 0.1) is 7.11 Å². The second kappa shape index (κ2) is 7.78. The lowest BCUT2D eigenvalue weighted by Crippen LogP contribution is -2.23. The number of rotatable bonds is 7. The van der Waals surface area contributed by atoms with Crippen LogP contribution in [-0.4, -0.2) is 13.7 Å². The molecule has 0 saturated heterocycles. The fraction of sp³-hybridized carbons (Fsp3) is 0.375. The van der Waals surface area contributed by atoms with Crippen molar-refractivity contribution in [1.82, 2.24) is 5.32 Å². The SMILES string of the molecule is CCCNC(Cc1c(F)cccc1Cl)c1cc(OC)cs1. The van der Waals surface area contributed by atoms with Gasteiger partial charge < -0.3 is 10.1 Å². The largest absolute Gasteiger partial charge is 0.496 e. The van der Waals surface area contributed by atoms with Gasteiger partial charge >= 0.3 is 0 Å². The summed E-state index contributed by atoms with van der Waals surface area (Å²) in [6.07, 6.45) is 1.54. The van der Waals surface area contributed by atoms with Crippen LogP contribution in [0.5, 0.6) is 5.75 Å². The molecule has 2 rings (SSSR count). The Kier molecular flexibility index (Phi) is 6.03. The van der Waals surface area contributed by atoms with Crippen molar-refractivity contribution in [2.24, 2.45) is 0 Å². The molecule has 114 valence electrons. The Morgan fingerprint density at radius 3 is 2.86 bits per heavy atom. The van der Waals surface area contributed by atoms with Crippen LogP contribution in [0.2, 0.25) is 5.02 Å². The van der Waals surface area contributed by atoms with Gasteiger partial charge in [-0.1, -0.05) is 24.6 Å². The van der Waals surface area contributed by atoms with E-state index in [1.165, 1.54) is 6.07 Å². The second-order valence-electron chi connectivity index (χ2n) is 4.80. The zero-order valence-corrected chi connectivity index (χ0v) is 13.7. The van der Waals surface area contributed by atoms with E-state index in [-0.39, 0.29) is 11.9 Å². The molecule has 0 amide bonds. The van der Waals surface area contributed by atoms with Crippen LogP contribution in [0.25, 0.3) is 0 Å². The van der Waals surface area contributed by atoms with Crippen molar-refractivity contribution in [3.8, 4) is 5.75 Å². The van der Waals surface area contributed by atoms with Crippen LogP contribution in [0.3, 0.4) is 0 Å². The van der Waals surface area contributed by atoms with Gasteiger partial charge in [-0.25, -0.2) is 4.39 Å². The molecule has 1 N–H and O–H groups in total. The number of halogens is 2. The van der Waals surface area contributed by atoms with Gasteiger partial charge in [-0.3, -0.25) is 0 Å². The van der Waals surface area contributed by atoms with Gasteiger partial charge in [0.15, 0.2) is 0 Å². The van der Waals surface area contributed by atoms with Gasteiger partial charge in [0, 0.05) is 26.9 Å². The zero-order valence-electron chi connectivity index (χ0n) is 12.2. The van der Waals surface area contributed by atoms with E-state index in [1.807, 2.05) is 11.4 Å². The lowest BCUT2D eigenvalue weighted by atomic mass is 10.0. The molecule has 1 aromatic heterocycles. The molecule has 1 heterocycles. The summed E-state index contributed by atoms with van der Waals surface area (Å²) in [6, 6.07) is 6.84. The minimum atomic E-state index is -0.255. The van der Waals surface area contributed by atoms with Crippen molar-refractivity contribution < 1.29 is 9.13 Å². The van der Waals surface area contributed by atoms with Crippen molar-refractivity contribution >= 4 is 22.9 Å². The minimum Gasteiger partial charge on any atom is -0.496 e. The van der Waals surface area contributed by atoms with Crippen LogP contribution >= 0.6 is 22.9 Å². The summed E-state index contributed by atoms with van der Waals surface area (Å²) in [7, 11) is 1.65. The second-order valence-corrected chi connectivity index (χ2v) is 6.15. The van der Waals surface area contributed by atoms with Crippen LogP contribution < -0.4 is 10.1 Å². The fourth-order valence-electron chi connectivity index (χ4n) is 2.15. The molecule has 1 unspecified atom stereocenters. The number of benzene rings is 1. The van der Waals surface area contributed by atoms with Crippen LogP contribution in [-0.2, 0) is 6.42 Å². The van der Waals surface area contributed by atoms with E-state index < -0.39 is 0 Å². The van der Waals surface area contributed by atoms with Crippen LogP contribution in [0.15, 0.2) is 29.6 Å². The highest BCUT2D eigenvalue weighted by molar-refractivity contribution is 7.10. The van der Waals surface area contributed by atoms with E-state index in [4.69, 9.17) is 16.3 Å². The third-order valence-electron chi connectivity index (χ3n) is 3.29. The van der Waals surface area contributed by atoms with Gasteiger partial charge in [0.2, 0.25) is 0 Å². The van der Waals surface area contributed by atoms with Gasteiger partial charge in [0.1, 0.15) is 11.6 Å². The van der Waals surface area contributed by atoms with E-state index >= 15 is 0 Å². The monoisotopic (exact) mass is 327 g/mol. The first-order chi connectivity index (χ1) is 10.2. The highest BCUT2D eigenvalue weighted by atomic mass is 35.5. The number of thiophene rings is 1. The fourth-order valence-corrected chi connectivity index (χ4v) is 3.32. The summed E-state index contributed by atoms with van der Waals surface area (Å²) < 4.78 is 19.2. The summed E-state index contributed by atoms with van der Waals surface area (Å²) in [5.41, 5.74) is 0.556. The van der Waals surface area contributed by atoms with E-state index in [0.29, 0.717) is 17.0 Å². The van der Waals surface area contributed by atoms with Crippen molar-refractivity contribution in [1.29, 1.82) is 0 Å². The summed E-state index contributed by atoms with van der Waals surface area (Å²) in [6.45, 7) is 2.98. The molecule has 0 radical (unpaired) electrons. The predicted molar refractivity (Wildman–Crippen MR) is 87.0 cm³/mol. The summed E-state index contributed by atoms with van der Waals surface area (Å²) in [5, 5.41) is 5.89. The maximum absolute atomic E-state index is 14.0. The molecule has 0 saturated carbocycles. The zero-order chi connectivity index (χ0) is 15.2. The molecule has 0 aliphatic rings. The number of hydrogen-bond donors (Lipinski definition) is 1. The van der Waals surface area contributed by atoms with Crippen LogP contribution in [0, 0.1) is 5.82 Å². The molecule has 5 heteroatoms. The molecule has 1 atom stereocenters. The minimum absolute atomic E-state index is 0.0354. The van der Waals surface area contributed by atoms with Crippen molar-refractivity contribution in [3.05, 3.63) is 50.9 Å². The number of nitrogens with one attached hydrogen (secondary N) is 1. The van der Waals surface area contributed by atoms with E-state index in [1.54, 1.807) is 30.6 Å². The maximum Gasteiger partial charge on any atom is 0.129 e. The number of hydrogen-bond acceptors (Lipinski definition) is 3. The Hall–Kier alpha value is -1.10. The molecule has 2 aromatic rings. The quantitative estimate of drug-likeness (QED) is 0.786. The van der Waals surface area contributed by atoms with Crippen LogP contribution in [0.1, 0.15) is 29.8 Å². The standard InChI is InChI=1S/C16H19ClFNOS/c1-3-7-19-15(16-8-11(20-2)10-21-16)9-12-13(17)5-4-6-14(12)18/h4-6,8,10,15,19H,3,7,9H2,1-2H3. The topological polar surface area (TPSA) is 21.3 Å². The molecule has 0 bridgehead atoms. The molecule has 0 aliphatic carbocycles. The first-order valence-corrected chi connectivity index (χ1v) is 8.20. The number of ether oxygens (including phenoxy) is 1. The van der Waals surface area contributed by atoms with Gasteiger partial charge in [-0.2, -0.15) is 0 Å². The molecular weight excluding hydrogens is 309 g/mol.